The SMILES string of the molecule is CCOCc1nc2c(N)nc3ccccc3c2n1[C@H](C)COP(=O)(N[C@@H](C)C(=O)N(C)C)Oc1ccc(Cl)cc1. The van der Waals surface area contributed by atoms with E-state index in [0.29, 0.717) is 28.8 Å². The van der Waals surface area contributed by atoms with Gasteiger partial charge in [-0.2, -0.15) is 5.09 Å². The van der Waals surface area contributed by atoms with E-state index >= 15 is 0 Å². The standard InChI is InChI=1S/C27H34ClN6O5P/c1-6-37-16-23-31-24-25(21-9-7-8-10-22(21)30-26(24)29)34(23)17(2)15-38-40(36,32-18(3)27(35)33(4)5)39-20-13-11-19(28)12-14-20/h7-14,17-18H,6,15-16H2,1-5H3,(H2,29,30)(H,32,36)/t17-,18+,40?/m1/s1. The number of rotatable bonds is 12. The molecule has 0 spiro atoms. The summed E-state index contributed by atoms with van der Waals surface area (Å²) < 4.78 is 33.5. The quantitative estimate of drug-likeness (QED) is 0.214. The molecule has 3 atom stereocenters. The van der Waals surface area contributed by atoms with Gasteiger partial charge in [-0.25, -0.2) is 14.5 Å². The van der Waals surface area contributed by atoms with Gasteiger partial charge < -0.3 is 24.5 Å². The number of hydrogen-bond donors (Lipinski definition) is 2. The number of nitrogen functional groups attached to an aromatic ring is 1. The van der Waals surface area contributed by atoms with Crippen molar-refractivity contribution in [3.63, 3.8) is 0 Å². The van der Waals surface area contributed by atoms with Crippen LogP contribution in [0.25, 0.3) is 21.9 Å². The third-order valence-corrected chi connectivity index (χ3v) is 8.09. The first-order valence-corrected chi connectivity index (χ1v) is 14.8. The second kappa shape index (κ2) is 12.5. The number of carbonyl (C=O) groups is 1. The van der Waals surface area contributed by atoms with Gasteiger partial charge in [0.15, 0.2) is 5.82 Å². The predicted octanol–water partition coefficient (Wildman–Crippen LogP) is 5.19. The molecule has 0 fully saturated rings. The van der Waals surface area contributed by atoms with Crippen LogP contribution in [0.2, 0.25) is 5.02 Å². The Morgan fingerprint density at radius 1 is 1.15 bits per heavy atom. The molecule has 11 nitrogen and oxygen atoms in total. The van der Waals surface area contributed by atoms with Gasteiger partial charge in [-0.1, -0.05) is 29.8 Å². The van der Waals surface area contributed by atoms with E-state index in [1.54, 1.807) is 45.3 Å². The van der Waals surface area contributed by atoms with Crippen LogP contribution in [0.4, 0.5) is 5.82 Å². The molecule has 2 aromatic heterocycles. The minimum atomic E-state index is -4.06. The molecule has 4 rings (SSSR count). The maximum atomic E-state index is 14.0. The van der Waals surface area contributed by atoms with Crippen molar-refractivity contribution in [1.82, 2.24) is 24.5 Å². The normalized spacial score (nSPS) is 14.7. The molecule has 1 unspecified atom stereocenters. The number of carbonyl (C=O) groups excluding carboxylic acids is 1. The van der Waals surface area contributed by atoms with Crippen LogP contribution < -0.4 is 15.3 Å². The van der Waals surface area contributed by atoms with E-state index in [1.807, 2.05) is 42.7 Å². The molecule has 0 saturated heterocycles. The zero-order chi connectivity index (χ0) is 29.0. The van der Waals surface area contributed by atoms with Crippen LogP contribution in [0, 0.1) is 0 Å². The monoisotopic (exact) mass is 588 g/mol. The first-order valence-electron chi connectivity index (χ1n) is 12.8. The van der Waals surface area contributed by atoms with Gasteiger partial charge >= 0.3 is 7.75 Å². The zero-order valence-corrected chi connectivity index (χ0v) is 24.8. The highest BCUT2D eigenvalue weighted by atomic mass is 35.5. The highest BCUT2D eigenvalue weighted by Gasteiger charge is 2.33. The maximum Gasteiger partial charge on any atom is 0.459 e. The third kappa shape index (κ3) is 6.56. The van der Waals surface area contributed by atoms with Crippen LogP contribution in [-0.4, -0.2) is 58.7 Å². The molecule has 0 aliphatic heterocycles. The number of nitrogens with one attached hydrogen (secondary N) is 1. The number of nitrogens with zero attached hydrogens (tertiary/aromatic N) is 4. The van der Waals surface area contributed by atoms with Crippen LogP contribution in [0.5, 0.6) is 5.75 Å². The van der Waals surface area contributed by atoms with E-state index < -0.39 is 19.8 Å². The topological polar surface area (TPSA) is 134 Å². The van der Waals surface area contributed by atoms with Gasteiger partial charge in [0.25, 0.3) is 0 Å². The van der Waals surface area contributed by atoms with Crippen LogP contribution in [0.15, 0.2) is 48.5 Å². The lowest BCUT2D eigenvalue weighted by Gasteiger charge is -2.26. The van der Waals surface area contributed by atoms with Gasteiger partial charge in [0.05, 0.1) is 29.7 Å². The Bertz CT molecular complexity index is 1540. The number of imidazole rings is 1. The van der Waals surface area contributed by atoms with Crippen molar-refractivity contribution >= 4 is 53.0 Å². The minimum absolute atomic E-state index is 0.0537. The molecule has 0 aliphatic carbocycles. The zero-order valence-electron chi connectivity index (χ0n) is 23.1. The summed E-state index contributed by atoms with van der Waals surface area (Å²) in [5.41, 5.74) is 8.34. The van der Waals surface area contributed by atoms with E-state index in [-0.39, 0.29) is 24.9 Å². The Morgan fingerprint density at radius 2 is 1.85 bits per heavy atom. The second-order valence-electron chi connectivity index (χ2n) is 9.52. The number of pyridine rings is 1. The third-order valence-electron chi connectivity index (χ3n) is 6.19. The van der Waals surface area contributed by atoms with Crippen LogP contribution in [0.3, 0.4) is 0 Å². The molecular weight excluding hydrogens is 555 g/mol. The summed E-state index contributed by atoms with van der Waals surface area (Å²) in [7, 11) is -0.830. The minimum Gasteiger partial charge on any atom is -0.413 e. The molecule has 4 aromatic rings. The highest BCUT2D eigenvalue weighted by Crippen LogP contribution is 2.46. The largest absolute Gasteiger partial charge is 0.459 e. The Labute approximate surface area is 238 Å². The fraction of sp³-hybridized carbons (Fsp3) is 0.370. The smallest absolute Gasteiger partial charge is 0.413 e. The number of anilines is 1. The molecule has 214 valence electrons. The van der Waals surface area contributed by atoms with E-state index in [0.717, 1.165) is 16.4 Å². The first kappa shape index (κ1) is 29.8. The summed E-state index contributed by atoms with van der Waals surface area (Å²) >= 11 is 6.00. The van der Waals surface area contributed by atoms with Gasteiger partial charge in [-0.15, -0.1) is 0 Å². The van der Waals surface area contributed by atoms with Gasteiger partial charge in [-0.05, 0) is 51.1 Å². The average molecular weight is 589 g/mol. The second-order valence-corrected chi connectivity index (χ2v) is 11.6. The molecule has 0 saturated carbocycles. The molecular formula is C27H34ClN6O5P. The molecule has 0 bridgehead atoms. The van der Waals surface area contributed by atoms with Crippen LogP contribution in [-0.2, 0) is 25.2 Å². The van der Waals surface area contributed by atoms with Crippen molar-refractivity contribution in [2.45, 2.75) is 39.5 Å². The maximum absolute atomic E-state index is 14.0. The Balaban J connectivity index is 1.70. The molecule has 40 heavy (non-hydrogen) atoms. The van der Waals surface area contributed by atoms with E-state index in [9.17, 15) is 9.36 Å². The van der Waals surface area contributed by atoms with E-state index in [1.165, 1.54) is 4.90 Å². The molecule has 13 heteroatoms. The summed E-state index contributed by atoms with van der Waals surface area (Å²) in [5.74, 6) is 0.904. The number of ether oxygens (including phenoxy) is 1. The highest BCUT2D eigenvalue weighted by molar-refractivity contribution is 7.52. The number of amides is 1. The van der Waals surface area contributed by atoms with Gasteiger partial charge in [0.1, 0.15) is 23.7 Å². The number of fused-ring (bicyclic) bond motifs is 3. The predicted molar refractivity (Wildman–Crippen MR) is 156 cm³/mol. The molecule has 3 N–H and O–H groups in total. The summed E-state index contributed by atoms with van der Waals surface area (Å²) in [6, 6.07) is 12.8. The van der Waals surface area contributed by atoms with E-state index in [4.69, 9.17) is 36.1 Å². The molecule has 0 aliphatic rings. The fourth-order valence-corrected chi connectivity index (χ4v) is 6.03. The number of benzene rings is 2. The lowest BCUT2D eigenvalue weighted by atomic mass is 10.1. The Kier molecular flexibility index (Phi) is 9.33. The van der Waals surface area contributed by atoms with Crippen molar-refractivity contribution in [3.05, 3.63) is 59.4 Å². The van der Waals surface area contributed by atoms with Gasteiger partial charge in [0.2, 0.25) is 5.91 Å². The van der Waals surface area contributed by atoms with E-state index in [2.05, 4.69) is 10.1 Å². The fourth-order valence-electron chi connectivity index (χ4n) is 4.32. The van der Waals surface area contributed by atoms with Crippen molar-refractivity contribution in [2.75, 3.05) is 33.0 Å². The summed E-state index contributed by atoms with van der Waals surface area (Å²) in [4.78, 5) is 23.2. The number of halogens is 1. The van der Waals surface area contributed by atoms with Crippen LogP contribution in [0.1, 0.15) is 32.6 Å². The molecule has 0 radical (unpaired) electrons. The molecule has 2 aromatic carbocycles. The lowest BCUT2D eigenvalue weighted by Crippen LogP contribution is -2.41. The summed E-state index contributed by atoms with van der Waals surface area (Å²) in [6.45, 7) is 6.07. The van der Waals surface area contributed by atoms with Gasteiger partial charge in [-0.3, -0.25) is 9.32 Å². The van der Waals surface area contributed by atoms with Crippen molar-refractivity contribution in [1.29, 1.82) is 0 Å². The number of aromatic nitrogens is 3. The first-order chi connectivity index (χ1) is 19.0. The summed E-state index contributed by atoms with van der Waals surface area (Å²) in [6.07, 6.45) is 0. The number of likely N-dealkylation sites (N-methyl/N-ethyl adjacent to an activating group) is 1. The average Bonchev–Trinajstić information content (AvgIpc) is 3.32. The number of nitrogens with two attached hydrogens (primary N) is 1. The Morgan fingerprint density at radius 3 is 2.52 bits per heavy atom. The number of para-hydroxylation sites is 1. The van der Waals surface area contributed by atoms with Crippen molar-refractivity contribution < 1.29 is 23.1 Å². The molecule has 2 heterocycles. The summed E-state index contributed by atoms with van der Waals surface area (Å²) in [5, 5.41) is 4.13. The molecule has 1 amide bonds. The van der Waals surface area contributed by atoms with Crippen molar-refractivity contribution in [3.8, 4) is 5.75 Å². The van der Waals surface area contributed by atoms with Gasteiger partial charge in [0, 0.05) is 31.1 Å². The Hall–Kier alpha value is -3.21. The number of hydrogen-bond acceptors (Lipinski definition) is 8. The van der Waals surface area contributed by atoms with Crippen molar-refractivity contribution in [2.24, 2.45) is 0 Å². The van der Waals surface area contributed by atoms with Crippen LogP contribution >= 0.6 is 19.3 Å². The lowest BCUT2D eigenvalue weighted by molar-refractivity contribution is -0.130.